The Hall–Kier alpha value is -3.03. The zero-order chi connectivity index (χ0) is 29.5. The second kappa shape index (κ2) is 17.7. The van der Waals surface area contributed by atoms with E-state index in [1.165, 1.54) is 4.90 Å². The molecule has 11 heteroatoms. The van der Waals surface area contributed by atoms with E-state index in [1.807, 2.05) is 0 Å². The fraction of sp³-hybridized carbons (Fsp3) is 0.833. The number of hydrogen-bond donors (Lipinski definition) is 2. The number of urea groups is 2. The summed E-state index contributed by atoms with van der Waals surface area (Å²) in [5.74, 6) is 2.21. The number of isocyanates is 2. The van der Waals surface area contributed by atoms with Gasteiger partial charge in [-0.2, -0.15) is 0 Å². The monoisotopic (exact) mass is 572 g/mol. The molecule has 3 rings (SSSR count). The van der Waals surface area contributed by atoms with Gasteiger partial charge >= 0.3 is 12.1 Å². The summed E-state index contributed by atoms with van der Waals surface area (Å²) in [4.78, 5) is 69.2. The minimum absolute atomic E-state index is 0.226. The number of aliphatic imine (C=N–C) groups is 2. The van der Waals surface area contributed by atoms with Crippen LogP contribution in [0.25, 0.3) is 0 Å². The molecular weight excluding hydrogens is 524 g/mol. The largest absolute Gasteiger partial charge is 0.358 e. The summed E-state index contributed by atoms with van der Waals surface area (Å²) < 4.78 is 0. The van der Waals surface area contributed by atoms with E-state index in [9.17, 15) is 24.0 Å². The third-order valence-corrected chi connectivity index (χ3v) is 9.53. The number of imide groups is 1. The minimum atomic E-state index is -0.324. The summed E-state index contributed by atoms with van der Waals surface area (Å²) in [6, 6.07) is -0.582. The molecule has 0 spiro atoms. The van der Waals surface area contributed by atoms with Gasteiger partial charge in [0, 0.05) is 33.2 Å². The second-order valence-electron chi connectivity index (χ2n) is 12.5. The highest BCUT2D eigenvalue weighted by Gasteiger charge is 2.32. The van der Waals surface area contributed by atoms with Crippen molar-refractivity contribution in [2.75, 3.05) is 46.3 Å². The lowest BCUT2D eigenvalue weighted by atomic mass is 9.81. The maximum Gasteiger partial charge on any atom is 0.327 e. The highest BCUT2D eigenvalue weighted by atomic mass is 16.2. The Morgan fingerprint density at radius 3 is 1.63 bits per heavy atom. The Morgan fingerprint density at radius 1 is 0.707 bits per heavy atom. The lowest BCUT2D eigenvalue weighted by Crippen LogP contribution is -2.52. The SMILES string of the molecule is CN(CC1CCC(CN=C=O)CC1)C(=O)N(CC1CCC(CN=C=O)CC1)C(=O)NCC1CCC(CNC=O)CC1. The first-order valence-electron chi connectivity index (χ1n) is 15.5. The molecular formula is C30H48N6O5. The molecule has 2 N–H and O–H groups in total. The van der Waals surface area contributed by atoms with Gasteiger partial charge in [-0.15, -0.1) is 0 Å². The predicted molar refractivity (Wildman–Crippen MR) is 155 cm³/mol. The van der Waals surface area contributed by atoms with Crippen LogP contribution in [0.4, 0.5) is 9.59 Å². The van der Waals surface area contributed by atoms with Crippen LogP contribution in [0.2, 0.25) is 0 Å². The van der Waals surface area contributed by atoms with Crippen LogP contribution in [-0.4, -0.2) is 86.7 Å². The van der Waals surface area contributed by atoms with Crippen molar-refractivity contribution in [3.8, 4) is 0 Å². The molecule has 0 bridgehead atoms. The number of amides is 5. The predicted octanol–water partition coefficient (Wildman–Crippen LogP) is 3.89. The quantitative estimate of drug-likeness (QED) is 0.196. The van der Waals surface area contributed by atoms with Crippen LogP contribution < -0.4 is 10.6 Å². The van der Waals surface area contributed by atoms with E-state index in [-0.39, 0.29) is 18.0 Å². The molecule has 41 heavy (non-hydrogen) atoms. The van der Waals surface area contributed by atoms with E-state index < -0.39 is 0 Å². The molecule has 11 nitrogen and oxygen atoms in total. The summed E-state index contributed by atoms with van der Waals surface area (Å²) in [7, 11) is 1.79. The lowest BCUT2D eigenvalue weighted by molar-refractivity contribution is -0.109. The minimum Gasteiger partial charge on any atom is -0.358 e. The van der Waals surface area contributed by atoms with Gasteiger partial charge in [0.2, 0.25) is 18.6 Å². The Labute approximate surface area is 244 Å². The molecule has 0 atom stereocenters. The smallest absolute Gasteiger partial charge is 0.327 e. The van der Waals surface area contributed by atoms with Crippen molar-refractivity contribution in [2.45, 2.75) is 77.0 Å². The fourth-order valence-corrected chi connectivity index (χ4v) is 6.89. The molecule has 0 saturated heterocycles. The van der Waals surface area contributed by atoms with Gasteiger partial charge in [0.1, 0.15) is 0 Å². The van der Waals surface area contributed by atoms with Crippen molar-refractivity contribution >= 4 is 30.6 Å². The molecule has 5 amide bonds. The molecule has 3 saturated carbocycles. The molecule has 0 radical (unpaired) electrons. The van der Waals surface area contributed by atoms with Crippen LogP contribution in [0.5, 0.6) is 0 Å². The van der Waals surface area contributed by atoms with Crippen molar-refractivity contribution in [2.24, 2.45) is 45.5 Å². The Morgan fingerprint density at radius 2 is 1.15 bits per heavy atom. The average Bonchev–Trinajstić information content (AvgIpc) is 3.00. The average molecular weight is 573 g/mol. The molecule has 3 aliphatic rings. The van der Waals surface area contributed by atoms with Crippen LogP contribution >= 0.6 is 0 Å². The number of nitrogens with one attached hydrogen (secondary N) is 2. The standard InChI is InChI=1S/C30H48N6O5/c1-35(18-27-10-6-24(7-11-27)15-32-21-38)30(41)36(19-28-12-8-25(9-13-28)16-33-22-39)29(40)34-17-26-4-2-23(3-5-26)14-31-20-37/h20,23-28H,2-19H2,1H3,(H,31,37)(H,34,40). The first-order valence-corrected chi connectivity index (χ1v) is 15.5. The summed E-state index contributed by atoms with van der Waals surface area (Å²) in [5, 5.41) is 5.84. The van der Waals surface area contributed by atoms with E-state index in [1.54, 1.807) is 24.1 Å². The van der Waals surface area contributed by atoms with Crippen molar-refractivity contribution < 1.29 is 24.0 Å². The second-order valence-corrected chi connectivity index (χ2v) is 12.5. The van der Waals surface area contributed by atoms with Crippen molar-refractivity contribution in [1.82, 2.24) is 20.4 Å². The molecule has 0 aromatic carbocycles. The Bertz CT molecular complexity index is 926. The van der Waals surface area contributed by atoms with Crippen LogP contribution in [0.3, 0.4) is 0 Å². The van der Waals surface area contributed by atoms with Gasteiger partial charge in [-0.05, 0) is 113 Å². The highest BCUT2D eigenvalue weighted by Crippen LogP contribution is 2.32. The number of nitrogens with zero attached hydrogens (tertiary/aromatic N) is 4. The van der Waals surface area contributed by atoms with Gasteiger partial charge in [0.25, 0.3) is 0 Å². The third-order valence-electron chi connectivity index (χ3n) is 9.53. The molecule has 3 fully saturated rings. The van der Waals surface area contributed by atoms with Crippen LogP contribution in [-0.2, 0) is 14.4 Å². The van der Waals surface area contributed by atoms with Crippen LogP contribution in [0.1, 0.15) is 77.0 Å². The van der Waals surface area contributed by atoms with Gasteiger partial charge < -0.3 is 15.5 Å². The highest BCUT2D eigenvalue weighted by molar-refractivity contribution is 5.93. The Kier molecular flexibility index (Phi) is 14.0. The first-order chi connectivity index (χ1) is 19.9. The number of hydrogen-bond acceptors (Lipinski definition) is 7. The zero-order valence-corrected chi connectivity index (χ0v) is 24.6. The van der Waals surface area contributed by atoms with Gasteiger partial charge in [-0.1, -0.05) is 0 Å². The molecule has 228 valence electrons. The first kappa shape index (κ1) is 32.5. The number of carbonyl (C=O) groups excluding carboxylic acids is 5. The third kappa shape index (κ3) is 11.0. The van der Waals surface area contributed by atoms with Crippen LogP contribution in [0, 0.1) is 35.5 Å². The molecule has 3 aliphatic carbocycles. The summed E-state index contributed by atoms with van der Waals surface area (Å²) in [6.45, 7) is 3.26. The summed E-state index contributed by atoms with van der Waals surface area (Å²) >= 11 is 0. The van der Waals surface area contributed by atoms with Gasteiger partial charge in [0.15, 0.2) is 0 Å². The van der Waals surface area contributed by atoms with Crippen molar-refractivity contribution in [3.05, 3.63) is 0 Å². The fourth-order valence-electron chi connectivity index (χ4n) is 6.89. The van der Waals surface area contributed by atoms with Gasteiger partial charge in [0.05, 0.1) is 13.1 Å². The molecule has 0 heterocycles. The molecule has 0 unspecified atom stereocenters. The molecule has 0 aromatic heterocycles. The van der Waals surface area contributed by atoms with Crippen LogP contribution in [0.15, 0.2) is 9.98 Å². The normalized spacial score (nSPS) is 27.8. The van der Waals surface area contributed by atoms with Gasteiger partial charge in [-0.3, -0.25) is 4.79 Å². The van der Waals surface area contributed by atoms with E-state index in [2.05, 4.69) is 20.6 Å². The topological polar surface area (TPSA) is 141 Å². The summed E-state index contributed by atoms with van der Waals surface area (Å²) in [6.07, 6.45) is 15.6. The van der Waals surface area contributed by atoms with E-state index in [4.69, 9.17) is 0 Å². The maximum absolute atomic E-state index is 13.7. The molecule has 0 aliphatic heterocycles. The maximum atomic E-state index is 13.7. The number of carbonyl (C=O) groups is 3. The Balaban J connectivity index is 1.54. The van der Waals surface area contributed by atoms with Gasteiger partial charge in [-0.25, -0.2) is 34.1 Å². The summed E-state index contributed by atoms with van der Waals surface area (Å²) in [5.41, 5.74) is 0. The van der Waals surface area contributed by atoms with E-state index in [0.29, 0.717) is 68.9 Å². The number of rotatable bonds is 13. The van der Waals surface area contributed by atoms with Crippen molar-refractivity contribution in [1.29, 1.82) is 0 Å². The van der Waals surface area contributed by atoms with E-state index >= 15 is 0 Å². The van der Waals surface area contributed by atoms with Crippen molar-refractivity contribution in [3.63, 3.8) is 0 Å². The lowest BCUT2D eigenvalue weighted by Gasteiger charge is -2.35. The molecule has 0 aromatic rings. The van der Waals surface area contributed by atoms with E-state index in [0.717, 1.165) is 83.5 Å². The zero-order valence-electron chi connectivity index (χ0n) is 24.6.